The monoisotopic (exact) mass is 215 g/mol. The lowest BCUT2D eigenvalue weighted by Gasteiger charge is -2.11. The van der Waals surface area contributed by atoms with Gasteiger partial charge in [-0.1, -0.05) is 6.08 Å². The van der Waals surface area contributed by atoms with E-state index in [2.05, 4.69) is 29.8 Å². The first-order valence-corrected chi connectivity index (χ1v) is 5.19. The van der Waals surface area contributed by atoms with E-state index in [1.54, 1.807) is 0 Å². The average molecular weight is 216 g/mol. The lowest BCUT2D eigenvalue weighted by Crippen LogP contribution is -2.19. The molecule has 0 spiro atoms. The summed E-state index contributed by atoms with van der Waals surface area (Å²) in [5, 5.41) is 5.54. The molecule has 0 aliphatic carbocycles. The number of thiophene rings is 1. The summed E-state index contributed by atoms with van der Waals surface area (Å²) in [6.45, 7) is 4.32. The maximum absolute atomic E-state index is 3.32. The van der Waals surface area contributed by atoms with Gasteiger partial charge in [0.1, 0.15) is 0 Å². The molecule has 1 aromatic heterocycles. The second-order valence-corrected chi connectivity index (χ2v) is 4.08. The molecule has 1 aromatic rings. The van der Waals surface area contributed by atoms with Gasteiger partial charge in [0.2, 0.25) is 0 Å². The molecule has 1 N–H and O–H groups in total. The Morgan fingerprint density at radius 1 is 1.46 bits per heavy atom. The van der Waals surface area contributed by atoms with Crippen LogP contribution in [0, 0.1) is 6.92 Å². The predicted molar refractivity (Wildman–Crippen MR) is 61.8 cm³/mol. The highest BCUT2D eigenvalue weighted by Gasteiger charge is 2.06. The van der Waals surface area contributed by atoms with Gasteiger partial charge in [-0.15, -0.1) is 23.7 Å². The fourth-order valence-corrected chi connectivity index (χ4v) is 2.42. The van der Waals surface area contributed by atoms with Crippen LogP contribution in [0.3, 0.4) is 0 Å². The zero-order valence-electron chi connectivity index (χ0n) is 7.67. The molecule has 0 amide bonds. The minimum atomic E-state index is 0. The molecule has 0 aromatic carbocycles. The van der Waals surface area contributed by atoms with E-state index in [0.29, 0.717) is 0 Å². The molecule has 13 heavy (non-hydrogen) atoms. The smallest absolute Gasteiger partial charge is 0.0302 e. The maximum Gasteiger partial charge on any atom is 0.0302 e. The van der Waals surface area contributed by atoms with Crippen LogP contribution in [0.5, 0.6) is 0 Å². The molecule has 0 saturated heterocycles. The van der Waals surface area contributed by atoms with Gasteiger partial charge in [-0.05, 0) is 42.5 Å². The van der Waals surface area contributed by atoms with Crippen LogP contribution in [0.4, 0.5) is 0 Å². The third kappa shape index (κ3) is 2.56. The summed E-state index contributed by atoms with van der Waals surface area (Å²) in [6, 6.07) is 2.28. The summed E-state index contributed by atoms with van der Waals surface area (Å²) in [7, 11) is 0. The number of rotatable bonds is 1. The SMILES string of the molecule is Cc1csc(C2=CCNCC2)c1.Cl. The number of aryl methyl sites for hydroxylation is 1. The second-order valence-electron chi connectivity index (χ2n) is 3.17. The third-order valence-corrected chi connectivity index (χ3v) is 3.23. The largest absolute Gasteiger partial charge is 0.313 e. The minimum absolute atomic E-state index is 0. The van der Waals surface area contributed by atoms with Crippen molar-refractivity contribution in [3.63, 3.8) is 0 Å². The molecule has 0 atom stereocenters. The first-order valence-electron chi connectivity index (χ1n) is 4.31. The molecule has 0 saturated carbocycles. The van der Waals surface area contributed by atoms with Gasteiger partial charge in [0.15, 0.2) is 0 Å². The average Bonchev–Trinajstić information content (AvgIpc) is 2.54. The van der Waals surface area contributed by atoms with Crippen molar-refractivity contribution in [2.24, 2.45) is 0 Å². The Balaban J connectivity index is 0.000000845. The highest BCUT2D eigenvalue weighted by molar-refractivity contribution is 7.11. The van der Waals surface area contributed by atoms with Crippen molar-refractivity contribution in [1.82, 2.24) is 5.32 Å². The van der Waals surface area contributed by atoms with Crippen molar-refractivity contribution in [1.29, 1.82) is 0 Å². The third-order valence-electron chi connectivity index (χ3n) is 2.11. The van der Waals surface area contributed by atoms with Gasteiger partial charge in [0.25, 0.3) is 0 Å². The summed E-state index contributed by atoms with van der Waals surface area (Å²) in [5.41, 5.74) is 2.90. The van der Waals surface area contributed by atoms with E-state index in [0.717, 1.165) is 13.1 Å². The van der Waals surface area contributed by atoms with Crippen molar-refractivity contribution in [2.45, 2.75) is 13.3 Å². The van der Waals surface area contributed by atoms with Gasteiger partial charge in [0, 0.05) is 11.4 Å². The van der Waals surface area contributed by atoms with Gasteiger partial charge >= 0.3 is 0 Å². The fraction of sp³-hybridized carbons (Fsp3) is 0.400. The second kappa shape index (κ2) is 4.80. The standard InChI is InChI=1S/C10H13NS.ClH/c1-8-6-10(12-7-8)9-2-4-11-5-3-9;/h2,6-7,11H,3-5H2,1H3;1H. The minimum Gasteiger partial charge on any atom is -0.313 e. The van der Waals surface area contributed by atoms with Crippen molar-refractivity contribution < 1.29 is 0 Å². The number of hydrogen-bond acceptors (Lipinski definition) is 2. The van der Waals surface area contributed by atoms with Gasteiger partial charge in [0.05, 0.1) is 0 Å². The zero-order chi connectivity index (χ0) is 8.39. The number of halogens is 1. The molecule has 0 radical (unpaired) electrons. The van der Waals surface area contributed by atoms with Crippen LogP contribution in [-0.4, -0.2) is 13.1 Å². The first kappa shape index (κ1) is 10.8. The molecule has 0 bridgehead atoms. The van der Waals surface area contributed by atoms with Gasteiger partial charge in [-0.2, -0.15) is 0 Å². The van der Waals surface area contributed by atoms with Crippen LogP contribution in [0.15, 0.2) is 17.5 Å². The zero-order valence-corrected chi connectivity index (χ0v) is 9.30. The molecule has 1 aliphatic heterocycles. The quantitative estimate of drug-likeness (QED) is 0.760. The molecular weight excluding hydrogens is 202 g/mol. The summed E-state index contributed by atoms with van der Waals surface area (Å²) in [6.07, 6.45) is 3.48. The fourth-order valence-electron chi connectivity index (χ4n) is 1.45. The van der Waals surface area contributed by atoms with Gasteiger partial charge in [-0.25, -0.2) is 0 Å². The van der Waals surface area contributed by atoms with Crippen LogP contribution in [0.1, 0.15) is 16.9 Å². The van der Waals surface area contributed by atoms with Crippen molar-refractivity contribution in [2.75, 3.05) is 13.1 Å². The lowest BCUT2D eigenvalue weighted by molar-refractivity contribution is 0.739. The Morgan fingerprint density at radius 2 is 2.31 bits per heavy atom. The van der Waals surface area contributed by atoms with Crippen molar-refractivity contribution >= 4 is 29.3 Å². The summed E-state index contributed by atoms with van der Waals surface area (Å²) >= 11 is 1.86. The van der Waals surface area contributed by atoms with E-state index in [9.17, 15) is 0 Å². The molecule has 1 nitrogen and oxygen atoms in total. The molecule has 72 valence electrons. The Morgan fingerprint density at radius 3 is 2.85 bits per heavy atom. The molecule has 2 rings (SSSR count). The van der Waals surface area contributed by atoms with Crippen LogP contribution >= 0.6 is 23.7 Å². The normalized spacial score (nSPS) is 16.2. The molecule has 0 fully saturated rings. The van der Waals surface area contributed by atoms with Crippen LogP contribution in [-0.2, 0) is 0 Å². The summed E-state index contributed by atoms with van der Waals surface area (Å²) < 4.78 is 0. The highest BCUT2D eigenvalue weighted by Crippen LogP contribution is 2.25. The van der Waals surface area contributed by atoms with Crippen molar-refractivity contribution in [3.8, 4) is 0 Å². The summed E-state index contributed by atoms with van der Waals surface area (Å²) in [5.74, 6) is 0. The molecule has 3 heteroatoms. The van der Waals surface area contributed by atoms with Crippen molar-refractivity contribution in [3.05, 3.63) is 28.0 Å². The van der Waals surface area contributed by atoms with E-state index >= 15 is 0 Å². The lowest BCUT2D eigenvalue weighted by atomic mass is 10.1. The molecule has 0 unspecified atom stereocenters. The van der Waals surface area contributed by atoms with E-state index < -0.39 is 0 Å². The Kier molecular flexibility index (Phi) is 3.97. The van der Waals surface area contributed by atoms with Gasteiger partial charge < -0.3 is 5.32 Å². The molecule has 1 aliphatic rings. The molecular formula is C10H14ClNS. The van der Waals surface area contributed by atoms with E-state index in [-0.39, 0.29) is 12.4 Å². The Hall–Kier alpha value is -0.310. The van der Waals surface area contributed by atoms with Crippen LogP contribution in [0.25, 0.3) is 5.57 Å². The topological polar surface area (TPSA) is 12.0 Å². The van der Waals surface area contributed by atoms with E-state index in [4.69, 9.17) is 0 Å². The maximum atomic E-state index is 3.32. The van der Waals surface area contributed by atoms with Crippen LogP contribution < -0.4 is 5.32 Å². The van der Waals surface area contributed by atoms with Crippen LogP contribution in [0.2, 0.25) is 0 Å². The Labute approximate surface area is 89.3 Å². The van der Waals surface area contributed by atoms with Gasteiger partial charge in [-0.3, -0.25) is 0 Å². The highest BCUT2D eigenvalue weighted by atomic mass is 35.5. The Bertz CT molecular complexity index is 304. The van der Waals surface area contributed by atoms with E-state index in [1.807, 2.05) is 11.3 Å². The first-order chi connectivity index (χ1) is 5.86. The number of nitrogens with one attached hydrogen (secondary N) is 1. The summed E-state index contributed by atoms with van der Waals surface area (Å²) in [4.78, 5) is 1.45. The molecule has 2 heterocycles. The number of hydrogen-bond donors (Lipinski definition) is 1. The van der Waals surface area contributed by atoms with E-state index in [1.165, 1.54) is 22.4 Å². The predicted octanol–water partition coefficient (Wildman–Crippen LogP) is 2.86.